The molecule has 0 atom stereocenters. The zero-order chi connectivity index (χ0) is 9.26. The van der Waals surface area contributed by atoms with Gasteiger partial charge in [-0.1, -0.05) is 0 Å². The van der Waals surface area contributed by atoms with Crippen LogP contribution in [0.15, 0.2) is 30.5 Å². The SMILES string of the molecule is COc1ccnc2cc(N)ccc12. The zero-order valence-corrected chi connectivity index (χ0v) is 7.32. The fourth-order valence-corrected chi connectivity index (χ4v) is 1.32. The maximum atomic E-state index is 5.63. The molecule has 0 saturated carbocycles. The first-order chi connectivity index (χ1) is 6.31. The predicted octanol–water partition coefficient (Wildman–Crippen LogP) is 1.83. The third kappa shape index (κ3) is 1.28. The normalized spacial score (nSPS) is 10.2. The van der Waals surface area contributed by atoms with Crippen molar-refractivity contribution >= 4 is 16.6 Å². The van der Waals surface area contributed by atoms with Crippen molar-refractivity contribution in [2.75, 3.05) is 12.8 Å². The average Bonchev–Trinajstić information content (AvgIpc) is 2.16. The summed E-state index contributed by atoms with van der Waals surface area (Å²) in [6, 6.07) is 7.42. The molecule has 0 radical (unpaired) electrons. The minimum atomic E-state index is 0.716. The number of pyridine rings is 1. The van der Waals surface area contributed by atoms with E-state index in [1.54, 1.807) is 13.3 Å². The summed E-state index contributed by atoms with van der Waals surface area (Å²) in [5, 5.41) is 0.985. The Morgan fingerprint density at radius 1 is 1.31 bits per heavy atom. The number of hydrogen-bond acceptors (Lipinski definition) is 3. The summed E-state index contributed by atoms with van der Waals surface area (Å²) < 4.78 is 5.19. The molecule has 0 aliphatic heterocycles. The van der Waals surface area contributed by atoms with Gasteiger partial charge in [-0.2, -0.15) is 0 Å². The Hall–Kier alpha value is -1.77. The number of nitrogens with two attached hydrogens (primary N) is 1. The highest BCUT2D eigenvalue weighted by molar-refractivity contribution is 5.87. The topological polar surface area (TPSA) is 48.1 Å². The van der Waals surface area contributed by atoms with Crippen molar-refractivity contribution in [2.45, 2.75) is 0 Å². The van der Waals surface area contributed by atoms with Gasteiger partial charge in [0.25, 0.3) is 0 Å². The number of ether oxygens (including phenoxy) is 1. The van der Waals surface area contributed by atoms with Crippen LogP contribution in [0.1, 0.15) is 0 Å². The van der Waals surface area contributed by atoms with Gasteiger partial charge in [-0.05, 0) is 24.3 Å². The quantitative estimate of drug-likeness (QED) is 0.671. The fraction of sp³-hybridized carbons (Fsp3) is 0.100. The minimum Gasteiger partial charge on any atom is -0.496 e. The third-order valence-electron chi connectivity index (χ3n) is 1.95. The number of methoxy groups -OCH3 is 1. The lowest BCUT2D eigenvalue weighted by atomic mass is 10.2. The van der Waals surface area contributed by atoms with Crippen molar-refractivity contribution < 1.29 is 4.74 Å². The third-order valence-corrected chi connectivity index (χ3v) is 1.95. The fourth-order valence-electron chi connectivity index (χ4n) is 1.32. The Balaban J connectivity index is 2.77. The van der Waals surface area contributed by atoms with E-state index in [4.69, 9.17) is 10.5 Å². The summed E-state index contributed by atoms with van der Waals surface area (Å²) in [6.07, 6.45) is 1.71. The van der Waals surface area contributed by atoms with Crippen LogP contribution in [-0.4, -0.2) is 12.1 Å². The highest BCUT2D eigenvalue weighted by atomic mass is 16.5. The summed E-state index contributed by atoms with van der Waals surface area (Å²) in [4.78, 5) is 4.19. The molecule has 3 heteroatoms. The van der Waals surface area contributed by atoms with Crippen LogP contribution in [0.25, 0.3) is 10.9 Å². The number of aromatic nitrogens is 1. The van der Waals surface area contributed by atoms with Crippen molar-refractivity contribution in [2.24, 2.45) is 0 Å². The molecular formula is C10H10N2O. The standard InChI is InChI=1S/C10H10N2O/c1-13-10-4-5-12-9-6-7(11)2-3-8(9)10/h2-6H,11H2,1H3. The molecule has 0 saturated heterocycles. The van der Waals surface area contributed by atoms with E-state index < -0.39 is 0 Å². The predicted molar refractivity (Wildman–Crippen MR) is 52.7 cm³/mol. The Morgan fingerprint density at radius 3 is 2.92 bits per heavy atom. The number of rotatable bonds is 1. The highest BCUT2D eigenvalue weighted by Crippen LogP contribution is 2.24. The van der Waals surface area contributed by atoms with Crippen LogP contribution in [0.2, 0.25) is 0 Å². The van der Waals surface area contributed by atoms with E-state index in [2.05, 4.69) is 4.98 Å². The van der Waals surface area contributed by atoms with Crippen LogP contribution in [-0.2, 0) is 0 Å². The van der Waals surface area contributed by atoms with Gasteiger partial charge in [0.2, 0.25) is 0 Å². The first-order valence-electron chi connectivity index (χ1n) is 3.99. The van der Waals surface area contributed by atoms with E-state index in [9.17, 15) is 0 Å². The smallest absolute Gasteiger partial charge is 0.129 e. The summed E-state index contributed by atoms with van der Waals surface area (Å²) in [6.45, 7) is 0. The van der Waals surface area contributed by atoms with Crippen LogP contribution < -0.4 is 10.5 Å². The first kappa shape index (κ1) is 7.86. The molecule has 66 valence electrons. The molecule has 2 rings (SSSR count). The van der Waals surface area contributed by atoms with Gasteiger partial charge in [-0.15, -0.1) is 0 Å². The van der Waals surface area contributed by atoms with E-state index in [0.717, 1.165) is 16.7 Å². The molecule has 0 amide bonds. The van der Waals surface area contributed by atoms with Gasteiger partial charge in [-0.25, -0.2) is 0 Å². The van der Waals surface area contributed by atoms with E-state index in [1.807, 2.05) is 24.3 Å². The Bertz CT molecular complexity index is 440. The van der Waals surface area contributed by atoms with Crippen molar-refractivity contribution in [1.82, 2.24) is 4.98 Å². The Labute approximate surface area is 76.2 Å². The zero-order valence-electron chi connectivity index (χ0n) is 7.32. The number of benzene rings is 1. The molecule has 0 unspecified atom stereocenters. The molecule has 1 aromatic carbocycles. The van der Waals surface area contributed by atoms with E-state index in [0.29, 0.717) is 5.69 Å². The molecule has 1 heterocycles. The maximum Gasteiger partial charge on any atom is 0.129 e. The number of anilines is 1. The average molecular weight is 174 g/mol. The molecule has 0 spiro atoms. The van der Waals surface area contributed by atoms with Crippen molar-refractivity contribution in [3.63, 3.8) is 0 Å². The highest BCUT2D eigenvalue weighted by Gasteiger charge is 2.00. The van der Waals surface area contributed by atoms with Gasteiger partial charge in [-0.3, -0.25) is 4.98 Å². The van der Waals surface area contributed by atoms with E-state index in [-0.39, 0.29) is 0 Å². The largest absolute Gasteiger partial charge is 0.496 e. The number of nitrogen functional groups attached to an aromatic ring is 1. The lowest BCUT2D eigenvalue weighted by molar-refractivity contribution is 0.419. The Morgan fingerprint density at radius 2 is 2.15 bits per heavy atom. The van der Waals surface area contributed by atoms with Gasteiger partial charge in [0.15, 0.2) is 0 Å². The van der Waals surface area contributed by atoms with Crippen LogP contribution in [0.3, 0.4) is 0 Å². The molecule has 13 heavy (non-hydrogen) atoms. The maximum absolute atomic E-state index is 5.63. The van der Waals surface area contributed by atoms with E-state index >= 15 is 0 Å². The monoisotopic (exact) mass is 174 g/mol. The molecule has 1 aromatic heterocycles. The van der Waals surface area contributed by atoms with Gasteiger partial charge in [0.05, 0.1) is 12.6 Å². The van der Waals surface area contributed by atoms with Crippen LogP contribution >= 0.6 is 0 Å². The summed E-state index contributed by atoms with van der Waals surface area (Å²) in [5.41, 5.74) is 7.21. The second-order valence-electron chi connectivity index (χ2n) is 2.79. The molecule has 0 aliphatic rings. The molecule has 3 nitrogen and oxygen atoms in total. The van der Waals surface area contributed by atoms with Gasteiger partial charge >= 0.3 is 0 Å². The second kappa shape index (κ2) is 2.94. The summed E-state index contributed by atoms with van der Waals surface area (Å²) >= 11 is 0. The van der Waals surface area contributed by atoms with Gasteiger partial charge in [0.1, 0.15) is 5.75 Å². The number of hydrogen-bond donors (Lipinski definition) is 1. The molecule has 2 N–H and O–H groups in total. The summed E-state index contributed by atoms with van der Waals surface area (Å²) in [7, 11) is 1.64. The molecule has 2 aromatic rings. The van der Waals surface area contributed by atoms with Gasteiger partial charge < -0.3 is 10.5 Å². The summed E-state index contributed by atoms with van der Waals surface area (Å²) in [5.74, 6) is 0.824. The number of fused-ring (bicyclic) bond motifs is 1. The lowest BCUT2D eigenvalue weighted by Crippen LogP contribution is -1.89. The minimum absolute atomic E-state index is 0.716. The van der Waals surface area contributed by atoms with Crippen molar-refractivity contribution in [1.29, 1.82) is 0 Å². The molecular weight excluding hydrogens is 164 g/mol. The van der Waals surface area contributed by atoms with Crippen LogP contribution in [0.4, 0.5) is 5.69 Å². The van der Waals surface area contributed by atoms with Crippen LogP contribution in [0, 0.1) is 0 Å². The van der Waals surface area contributed by atoms with Gasteiger partial charge in [0, 0.05) is 17.3 Å². The number of nitrogens with zero attached hydrogens (tertiary/aromatic N) is 1. The van der Waals surface area contributed by atoms with Crippen molar-refractivity contribution in [3.8, 4) is 5.75 Å². The van der Waals surface area contributed by atoms with E-state index in [1.165, 1.54) is 0 Å². The molecule has 0 fully saturated rings. The molecule has 0 aliphatic carbocycles. The lowest BCUT2D eigenvalue weighted by Gasteiger charge is -2.04. The Kier molecular flexibility index (Phi) is 1.77. The second-order valence-corrected chi connectivity index (χ2v) is 2.79. The van der Waals surface area contributed by atoms with Crippen molar-refractivity contribution in [3.05, 3.63) is 30.5 Å². The first-order valence-corrected chi connectivity index (χ1v) is 3.99. The molecule has 0 bridgehead atoms. The van der Waals surface area contributed by atoms with Crippen LogP contribution in [0.5, 0.6) is 5.75 Å².